The molecule has 5 nitrogen and oxygen atoms in total. The van der Waals surface area contributed by atoms with Gasteiger partial charge in [-0.2, -0.15) is 0 Å². The van der Waals surface area contributed by atoms with Gasteiger partial charge in [0.15, 0.2) is 0 Å². The zero-order valence-electron chi connectivity index (χ0n) is 18.0. The number of nitrogens with zero attached hydrogens (tertiary/aromatic N) is 2. The molecule has 2 aliphatic rings. The maximum atomic E-state index is 12.6. The lowest BCUT2D eigenvalue weighted by Gasteiger charge is -2.37. The van der Waals surface area contributed by atoms with Gasteiger partial charge in [-0.3, -0.25) is 4.90 Å². The standard InChI is InChI=1S/C24H31ClN2O3S/c1-26(31(28,29)18-19-7-3-2-4-8-19)16-20-13-23(14-20)30-22-10-9-21(24(25)15-22)17-27-11-5-6-12-27/h2-4,7-10,15,20,23H,5-6,11-14,16-18H2,1H3. The third kappa shape index (κ3) is 6.01. The first-order chi connectivity index (χ1) is 14.9. The highest BCUT2D eigenvalue weighted by molar-refractivity contribution is 7.88. The molecule has 1 saturated carbocycles. The van der Waals surface area contributed by atoms with Crippen molar-refractivity contribution < 1.29 is 13.2 Å². The summed E-state index contributed by atoms with van der Waals surface area (Å²) in [6.45, 7) is 3.72. The summed E-state index contributed by atoms with van der Waals surface area (Å²) in [7, 11) is -1.64. The van der Waals surface area contributed by atoms with Crippen molar-refractivity contribution >= 4 is 21.6 Å². The minimum Gasteiger partial charge on any atom is -0.490 e. The van der Waals surface area contributed by atoms with E-state index in [1.807, 2.05) is 42.5 Å². The second-order valence-electron chi connectivity index (χ2n) is 8.84. The van der Waals surface area contributed by atoms with E-state index in [1.54, 1.807) is 7.05 Å². The summed E-state index contributed by atoms with van der Waals surface area (Å²) in [5.74, 6) is 1.16. The molecule has 168 valence electrons. The fourth-order valence-corrected chi connectivity index (χ4v) is 5.90. The topological polar surface area (TPSA) is 49.9 Å². The van der Waals surface area contributed by atoms with Gasteiger partial charge >= 0.3 is 0 Å². The summed E-state index contributed by atoms with van der Waals surface area (Å²) in [4.78, 5) is 2.43. The molecule has 0 aromatic heterocycles. The second-order valence-corrected chi connectivity index (χ2v) is 11.3. The highest BCUT2D eigenvalue weighted by Gasteiger charge is 2.34. The molecule has 1 saturated heterocycles. The fourth-order valence-electron chi connectivity index (χ4n) is 4.40. The van der Waals surface area contributed by atoms with E-state index < -0.39 is 10.0 Å². The van der Waals surface area contributed by atoms with Crippen molar-refractivity contribution in [2.45, 2.75) is 44.1 Å². The van der Waals surface area contributed by atoms with Crippen LogP contribution in [0.4, 0.5) is 0 Å². The molecule has 0 atom stereocenters. The molecule has 1 aliphatic carbocycles. The highest BCUT2D eigenvalue weighted by atomic mass is 35.5. The van der Waals surface area contributed by atoms with Crippen molar-refractivity contribution in [2.75, 3.05) is 26.7 Å². The summed E-state index contributed by atoms with van der Waals surface area (Å²) in [6, 6.07) is 15.3. The molecule has 0 spiro atoms. The molecule has 31 heavy (non-hydrogen) atoms. The number of likely N-dealkylation sites (tertiary alicyclic amines) is 1. The van der Waals surface area contributed by atoms with Crippen molar-refractivity contribution in [3.8, 4) is 5.75 Å². The summed E-state index contributed by atoms with van der Waals surface area (Å²) < 4.78 is 32.8. The quantitative estimate of drug-likeness (QED) is 0.548. The Morgan fingerprint density at radius 2 is 1.81 bits per heavy atom. The van der Waals surface area contributed by atoms with Gasteiger partial charge in [0.05, 0.1) is 11.9 Å². The average molecular weight is 463 g/mol. The van der Waals surface area contributed by atoms with Gasteiger partial charge < -0.3 is 4.74 Å². The normalized spacial score (nSPS) is 21.9. The largest absolute Gasteiger partial charge is 0.490 e. The van der Waals surface area contributed by atoms with Crippen molar-refractivity contribution in [2.24, 2.45) is 5.92 Å². The molecule has 4 rings (SSSR count). The minimum atomic E-state index is -3.31. The predicted molar refractivity (Wildman–Crippen MR) is 125 cm³/mol. The molecule has 2 fully saturated rings. The molecule has 7 heteroatoms. The Morgan fingerprint density at radius 1 is 1.10 bits per heavy atom. The van der Waals surface area contributed by atoms with Crippen LogP contribution < -0.4 is 4.74 Å². The van der Waals surface area contributed by atoms with Crippen LogP contribution in [0.2, 0.25) is 5.02 Å². The Kier molecular flexibility index (Phi) is 7.22. The van der Waals surface area contributed by atoms with E-state index >= 15 is 0 Å². The van der Waals surface area contributed by atoms with Crippen molar-refractivity contribution in [3.05, 3.63) is 64.7 Å². The summed E-state index contributed by atoms with van der Waals surface area (Å²) >= 11 is 6.49. The van der Waals surface area contributed by atoms with E-state index in [0.717, 1.165) is 54.4 Å². The number of hydrogen-bond acceptors (Lipinski definition) is 4. The molecule has 0 bridgehead atoms. The third-order valence-corrected chi connectivity index (χ3v) is 8.44. The van der Waals surface area contributed by atoms with E-state index in [0.29, 0.717) is 12.5 Å². The van der Waals surface area contributed by atoms with Crippen LogP contribution in [0.5, 0.6) is 5.75 Å². The molecule has 2 aromatic rings. The predicted octanol–water partition coefficient (Wildman–Crippen LogP) is 4.56. The van der Waals surface area contributed by atoms with Crippen LogP contribution in [0.15, 0.2) is 48.5 Å². The number of rotatable bonds is 9. The summed E-state index contributed by atoms with van der Waals surface area (Å²) in [6.07, 6.45) is 4.38. The Labute approximate surface area is 191 Å². The molecule has 1 heterocycles. The lowest BCUT2D eigenvalue weighted by atomic mass is 9.82. The van der Waals surface area contributed by atoms with E-state index in [1.165, 1.54) is 17.1 Å². The van der Waals surface area contributed by atoms with Gasteiger partial charge in [0.25, 0.3) is 0 Å². The lowest BCUT2D eigenvalue weighted by molar-refractivity contribution is 0.0575. The Hall–Kier alpha value is -1.60. The van der Waals surface area contributed by atoms with E-state index in [4.69, 9.17) is 16.3 Å². The van der Waals surface area contributed by atoms with Crippen molar-refractivity contribution in [1.82, 2.24) is 9.21 Å². The Morgan fingerprint density at radius 3 is 2.48 bits per heavy atom. The van der Waals surface area contributed by atoms with Gasteiger partial charge in [-0.1, -0.05) is 48.0 Å². The van der Waals surface area contributed by atoms with Crippen molar-refractivity contribution in [3.63, 3.8) is 0 Å². The van der Waals surface area contributed by atoms with Crippen LogP contribution in [-0.4, -0.2) is 50.4 Å². The molecule has 0 amide bonds. The fraction of sp³-hybridized carbons (Fsp3) is 0.500. The molecular formula is C24H31ClN2O3S. The lowest BCUT2D eigenvalue weighted by Crippen LogP contribution is -2.42. The Bertz CT molecular complexity index is 972. The minimum absolute atomic E-state index is 0.0409. The molecule has 0 unspecified atom stereocenters. The van der Waals surface area contributed by atoms with Crippen LogP contribution in [0.1, 0.15) is 36.8 Å². The zero-order chi connectivity index (χ0) is 21.8. The first-order valence-corrected chi connectivity index (χ1v) is 13.0. The van der Waals surface area contributed by atoms with Gasteiger partial charge in [-0.05, 0) is 68.0 Å². The maximum Gasteiger partial charge on any atom is 0.218 e. The van der Waals surface area contributed by atoms with Gasteiger partial charge in [0, 0.05) is 25.2 Å². The molecular weight excluding hydrogens is 432 g/mol. The van der Waals surface area contributed by atoms with E-state index in [2.05, 4.69) is 11.0 Å². The maximum absolute atomic E-state index is 12.6. The molecule has 1 aliphatic heterocycles. The van der Waals surface area contributed by atoms with Gasteiger partial charge in [0.1, 0.15) is 5.75 Å². The number of ether oxygens (including phenoxy) is 1. The molecule has 0 radical (unpaired) electrons. The average Bonchev–Trinajstić information content (AvgIpc) is 3.22. The number of halogens is 1. The first-order valence-electron chi connectivity index (χ1n) is 11.0. The summed E-state index contributed by atoms with van der Waals surface area (Å²) in [5.41, 5.74) is 1.96. The SMILES string of the molecule is CN(CC1CC(Oc2ccc(CN3CCCC3)c(Cl)c2)C1)S(=O)(=O)Cc1ccccc1. The first kappa shape index (κ1) is 22.6. The smallest absolute Gasteiger partial charge is 0.218 e. The van der Waals surface area contributed by atoms with Gasteiger partial charge in [0.2, 0.25) is 10.0 Å². The van der Waals surface area contributed by atoms with Crippen LogP contribution in [0.3, 0.4) is 0 Å². The number of benzene rings is 2. The third-order valence-electron chi connectivity index (χ3n) is 6.29. The number of sulfonamides is 1. The Balaban J connectivity index is 1.23. The molecule has 0 N–H and O–H groups in total. The van der Waals surface area contributed by atoms with E-state index in [-0.39, 0.29) is 11.9 Å². The highest BCUT2D eigenvalue weighted by Crippen LogP contribution is 2.34. The van der Waals surface area contributed by atoms with Crippen LogP contribution in [0, 0.1) is 5.92 Å². The summed E-state index contributed by atoms with van der Waals surface area (Å²) in [5, 5.41) is 0.756. The second kappa shape index (κ2) is 9.90. The molecule has 2 aromatic carbocycles. The number of hydrogen-bond donors (Lipinski definition) is 0. The van der Waals surface area contributed by atoms with Crippen LogP contribution >= 0.6 is 11.6 Å². The van der Waals surface area contributed by atoms with Crippen LogP contribution in [-0.2, 0) is 22.3 Å². The zero-order valence-corrected chi connectivity index (χ0v) is 19.6. The van der Waals surface area contributed by atoms with Crippen LogP contribution in [0.25, 0.3) is 0 Å². The van der Waals surface area contributed by atoms with E-state index in [9.17, 15) is 8.42 Å². The monoisotopic (exact) mass is 462 g/mol. The van der Waals surface area contributed by atoms with Gasteiger partial charge in [-0.15, -0.1) is 0 Å². The van der Waals surface area contributed by atoms with Crippen molar-refractivity contribution in [1.29, 1.82) is 0 Å². The van der Waals surface area contributed by atoms with Gasteiger partial charge in [-0.25, -0.2) is 12.7 Å².